The van der Waals surface area contributed by atoms with Gasteiger partial charge >= 0.3 is 6.03 Å². The number of carbonyl (C=O) groups excluding carboxylic acids is 2. The topological polar surface area (TPSA) is 82.7 Å². The van der Waals surface area contributed by atoms with Crippen molar-refractivity contribution in [3.8, 4) is 0 Å². The van der Waals surface area contributed by atoms with Crippen LogP contribution in [0.2, 0.25) is 0 Å². The van der Waals surface area contributed by atoms with Crippen molar-refractivity contribution in [1.82, 2.24) is 10.6 Å². The van der Waals surface area contributed by atoms with Gasteiger partial charge in [0.25, 0.3) is 0 Å². The van der Waals surface area contributed by atoms with E-state index in [-0.39, 0.29) is 18.5 Å². The van der Waals surface area contributed by atoms with Crippen molar-refractivity contribution in [3.63, 3.8) is 0 Å². The number of hydrogen-bond acceptors (Lipinski definition) is 4. The third-order valence-corrected chi connectivity index (χ3v) is 3.09. The molecule has 1 aromatic rings. The summed E-state index contributed by atoms with van der Waals surface area (Å²) >= 11 is 0. The Balaban J connectivity index is 1.82. The van der Waals surface area contributed by atoms with Gasteiger partial charge in [-0.2, -0.15) is 0 Å². The highest BCUT2D eigenvalue weighted by molar-refractivity contribution is 5.95. The van der Waals surface area contributed by atoms with E-state index >= 15 is 0 Å². The van der Waals surface area contributed by atoms with E-state index in [0.29, 0.717) is 31.9 Å². The Morgan fingerprint density at radius 1 is 1.38 bits per heavy atom. The van der Waals surface area contributed by atoms with Gasteiger partial charge in [-0.3, -0.25) is 9.69 Å². The number of carbonyl (C=O) groups is 2. The number of amides is 3. The van der Waals surface area contributed by atoms with Crippen LogP contribution in [0.3, 0.4) is 0 Å². The number of nitrogens with zero attached hydrogens (tertiary/aromatic N) is 1. The zero-order valence-electron chi connectivity index (χ0n) is 12.0. The monoisotopic (exact) mass is 292 g/mol. The Morgan fingerprint density at radius 3 is 2.76 bits per heavy atom. The number of urea groups is 1. The van der Waals surface area contributed by atoms with E-state index in [1.54, 1.807) is 24.1 Å². The Morgan fingerprint density at radius 2 is 2.14 bits per heavy atom. The fraction of sp³-hybridized carbons (Fsp3) is 0.429. The number of benzene rings is 1. The molecule has 1 aliphatic heterocycles. The summed E-state index contributed by atoms with van der Waals surface area (Å²) in [5, 5.41) is 8.50. The quantitative estimate of drug-likeness (QED) is 0.635. The third-order valence-electron chi connectivity index (χ3n) is 3.09. The van der Waals surface area contributed by atoms with Crippen molar-refractivity contribution >= 4 is 23.3 Å². The highest BCUT2D eigenvalue weighted by Gasteiger charge is 2.20. The van der Waals surface area contributed by atoms with E-state index in [2.05, 4.69) is 16.0 Å². The molecule has 0 bridgehead atoms. The standard InChI is InChI=1S/C14H20N4O3/c1-21-9-7-15-10-13(19)17-11-2-4-12(5-3-11)18-8-6-16-14(18)20/h2-5,15H,6-10H2,1H3,(H,16,20)(H,17,19). The Hall–Kier alpha value is -2.12. The Kier molecular flexibility index (Phi) is 5.53. The van der Waals surface area contributed by atoms with Crippen molar-refractivity contribution in [3.05, 3.63) is 24.3 Å². The summed E-state index contributed by atoms with van der Waals surface area (Å²) in [7, 11) is 1.62. The zero-order valence-corrected chi connectivity index (χ0v) is 12.0. The second kappa shape index (κ2) is 7.61. The minimum absolute atomic E-state index is 0.0888. The molecule has 1 aliphatic rings. The average molecular weight is 292 g/mol. The van der Waals surface area contributed by atoms with E-state index < -0.39 is 0 Å². The van der Waals surface area contributed by atoms with Gasteiger partial charge in [-0.15, -0.1) is 0 Å². The first-order valence-electron chi connectivity index (χ1n) is 6.85. The first kappa shape index (κ1) is 15.3. The van der Waals surface area contributed by atoms with E-state index in [4.69, 9.17) is 4.74 Å². The largest absolute Gasteiger partial charge is 0.383 e. The molecule has 3 amide bonds. The molecule has 1 heterocycles. The highest BCUT2D eigenvalue weighted by atomic mass is 16.5. The molecule has 0 radical (unpaired) electrons. The molecule has 3 N–H and O–H groups in total. The summed E-state index contributed by atoms with van der Waals surface area (Å²) in [4.78, 5) is 24.9. The number of anilines is 2. The lowest BCUT2D eigenvalue weighted by Crippen LogP contribution is -2.30. The molecule has 0 aromatic heterocycles. The van der Waals surface area contributed by atoms with E-state index in [0.717, 1.165) is 5.69 Å². The van der Waals surface area contributed by atoms with Crippen LogP contribution in [0.5, 0.6) is 0 Å². The van der Waals surface area contributed by atoms with E-state index in [1.165, 1.54) is 0 Å². The fourth-order valence-corrected chi connectivity index (χ4v) is 2.02. The molecule has 0 unspecified atom stereocenters. The summed E-state index contributed by atoms with van der Waals surface area (Å²) < 4.78 is 4.88. The molecule has 2 rings (SSSR count). The Bertz CT molecular complexity index is 489. The summed E-state index contributed by atoms with van der Waals surface area (Å²) in [5.41, 5.74) is 1.53. The first-order valence-corrected chi connectivity index (χ1v) is 6.85. The molecular formula is C14H20N4O3. The molecular weight excluding hydrogens is 272 g/mol. The maximum Gasteiger partial charge on any atom is 0.321 e. The number of methoxy groups -OCH3 is 1. The molecule has 0 saturated carbocycles. The van der Waals surface area contributed by atoms with Crippen molar-refractivity contribution in [1.29, 1.82) is 0 Å². The summed E-state index contributed by atoms with van der Waals surface area (Å²) in [6, 6.07) is 7.12. The summed E-state index contributed by atoms with van der Waals surface area (Å²) in [6.45, 7) is 2.75. The summed E-state index contributed by atoms with van der Waals surface area (Å²) in [5.74, 6) is -0.113. The average Bonchev–Trinajstić information content (AvgIpc) is 2.91. The van der Waals surface area contributed by atoms with Gasteiger partial charge in [0, 0.05) is 38.1 Å². The third kappa shape index (κ3) is 4.44. The molecule has 21 heavy (non-hydrogen) atoms. The molecule has 1 saturated heterocycles. The van der Waals surface area contributed by atoms with Crippen LogP contribution in [0.25, 0.3) is 0 Å². The van der Waals surface area contributed by atoms with Gasteiger partial charge < -0.3 is 20.7 Å². The smallest absolute Gasteiger partial charge is 0.321 e. The van der Waals surface area contributed by atoms with Crippen LogP contribution >= 0.6 is 0 Å². The van der Waals surface area contributed by atoms with Gasteiger partial charge in [0.2, 0.25) is 5.91 Å². The first-order chi connectivity index (χ1) is 10.2. The van der Waals surface area contributed by atoms with E-state index in [1.807, 2.05) is 12.1 Å². The van der Waals surface area contributed by atoms with Crippen LogP contribution in [0, 0.1) is 0 Å². The van der Waals surface area contributed by atoms with Crippen molar-refractivity contribution in [2.75, 3.05) is 50.1 Å². The minimum Gasteiger partial charge on any atom is -0.383 e. The van der Waals surface area contributed by atoms with Crippen LogP contribution in [0.4, 0.5) is 16.2 Å². The zero-order chi connectivity index (χ0) is 15.1. The molecule has 114 valence electrons. The lowest BCUT2D eigenvalue weighted by atomic mass is 10.2. The lowest BCUT2D eigenvalue weighted by molar-refractivity contribution is -0.115. The second-order valence-electron chi connectivity index (χ2n) is 4.65. The predicted octanol–water partition coefficient (Wildman–Crippen LogP) is 0.391. The summed E-state index contributed by atoms with van der Waals surface area (Å²) in [6.07, 6.45) is 0. The van der Waals surface area contributed by atoms with Crippen LogP contribution in [-0.4, -0.2) is 51.8 Å². The van der Waals surface area contributed by atoms with Crippen LogP contribution in [-0.2, 0) is 9.53 Å². The maximum absolute atomic E-state index is 11.7. The van der Waals surface area contributed by atoms with Crippen LogP contribution < -0.4 is 20.9 Å². The molecule has 7 nitrogen and oxygen atoms in total. The number of ether oxygens (including phenoxy) is 1. The van der Waals surface area contributed by atoms with Gasteiger partial charge in [-0.05, 0) is 24.3 Å². The van der Waals surface area contributed by atoms with Gasteiger partial charge in [-0.25, -0.2) is 4.79 Å². The van der Waals surface area contributed by atoms with Crippen molar-refractivity contribution in [2.45, 2.75) is 0 Å². The molecule has 7 heteroatoms. The maximum atomic E-state index is 11.7. The van der Waals surface area contributed by atoms with Crippen molar-refractivity contribution in [2.24, 2.45) is 0 Å². The van der Waals surface area contributed by atoms with E-state index in [9.17, 15) is 9.59 Å². The number of nitrogens with one attached hydrogen (secondary N) is 3. The van der Waals surface area contributed by atoms with Gasteiger partial charge in [0.15, 0.2) is 0 Å². The van der Waals surface area contributed by atoms with Crippen molar-refractivity contribution < 1.29 is 14.3 Å². The normalized spacial score (nSPS) is 14.1. The van der Waals surface area contributed by atoms with Gasteiger partial charge in [0.05, 0.1) is 13.2 Å². The van der Waals surface area contributed by atoms with Crippen LogP contribution in [0.15, 0.2) is 24.3 Å². The number of hydrogen-bond donors (Lipinski definition) is 3. The fourth-order valence-electron chi connectivity index (χ4n) is 2.02. The predicted molar refractivity (Wildman–Crippen MR) is 80.6 cm³/mol. The molecule has 1 fully saturated rings. The molecule has 0 aliphatic carbocycles. The second-order valence-corrected chi connectivity index (χ2v) is 4.65. The minimum atomic E-state index is -0.113. The van der Waals surface area contributed by atoms with Gasteiger partial charge in [-0.1, -0.05) is 0 Å². The number of rotatable bonds is 7. The molecule has 1 aromatic carbocycles. The van der Waals surface area contributed by atoms with Crippen LogP contribution in [0.1, 0.15) is 0 Å². The highest BCUT2D eigenvalue weighted by Crippen LogP contribution is 2.19. The molecule has 0 atom stereocenters. The molecule has 0 spiro atoms. The SMILES string of the molecule is COCCNCC(=O)Nc1ccc(N2CCNC2=O)cc1. The Labute approximate surface area is 123 Å². The van der Waals surface area contributed by atoms with Gasteiger partial charge in [0.1, 0.15) is 0 Å². The lowest BCUT2D eigenvalue weighted by Gasteiger charge is -2.14.